The van der Waals surface area contributed by atoms with Crippen molar-refractivity contribution in [1.29, 1.82) is 0 Å². The molecule has 10 rings (SSSR count). The second kappa shape index (κ2) is 10.5. The molecular formula is C52H44. The third-order valence-electron chi connectivity index (χ3n) is 12.0. The molecule has 0 aliphatic rings. The van der Waals surface area contributed by atoms with Crippen molar-refractivity contribution in [3.05, 3.63) is 144 Å². The molecule has 10 aromatic rings. The van der Waals surface area contributed by atoms with Crippen LogP contribution in [0.2, 0.25) is 0 Å². The Kier molecular flexibility index (Phi) is 6.35. The first-order chi connectivity index (χ1) is 24.8. The zero-order valence-electron chi connectivity index (χ0n) is 31.5. The average Bonchev–Trinajstić information content (AvgIpc) is 3.12. The molecule has 0 aromatic heterocycles. The highest BCUT2D eigenvalue weighted by Crippen LogP contribution is 2.45. The van der Waals surface area contributed by atoms with E-state index in [9.17, 15) is 0 Å². The van der Waals surface area contributed by atoms with Crippen molar-refractivity contribution in [3.63, 3.8) is 0 Å². The van der Waals surface area contributed by atoms with Gasteiger partial charge in [-0.25, -0.2) is 0 Å². The van der Waals surface area contributed by atoms with Crippen LogP contribution in [0.5, 0.6) is 0 Å². The first-order valence-corrected chi connectivity index (χ1v) is 18.8. The zero-order chi connectivity index (χ0) is 35.8. The summed E-state index contributed by atoms with van der Waals surface area (Å²) in [7, 11) is 0. The standard InChI is InChI=1S/C52H44/c1-29-21-45(43-19-15-36-27-39(51(3,4)5)25-34-13-17-41(29)49(43)47(34)36)32-11-9-31-10-12-33(24-38(31)23-32)46-22-30(2)42-18-14-35-26-40(52(6,7)8)28-37-16-20-44(46)50(42)48(35)37/h9-28H,1-8H3. The van der Waals surface area contributed by atoms with Crippen LogP contribution >= 0.6 is 0 Å². The number of hydrogen-bond acceptors (Lipinski definition) is 0. The molecule has 0 unspecified atom stereocenters. The molecule has 0 aliphatic heterocycles. The monoisotopic (exact) mass is 668 g/mol. The molecule has 0 atom stereocenters. The highest BCUT2D eigenvalue weighted by Gasteiger charge is 2.21. The molecule has 0 nitrogen and oxygen atoms in total. The lowest BCUT2D eigenvalue weighted by molar-refractivity contribution is 0.591. The largest absolute Gasteiger partial charge is 0.0561 e. The van der Waals surface area contributed by atoms with Gasteiger partial charge in [0.2, 0.25) is 0 Å². The minimum atomic E-state index is 0.0991. The second-order valence-corrected chi connectivity index (χ2v) is 17.6. The maximum atomic E-state index is 2.42. The van der Waals surface area contributed by atoms with Crippen molar-refractivity contribution in [2.45, 2.75) is 66.2 Å². The van der Waals surface area contributed by atoms with E-state index in [1.165, 1.54) is 120 Å². The summed E-state index contributed by atoms with van der Waals surface area (Å²) in [6, 6.07) is 47.3. The van der Waals surface area contributed by atoms with Gasteiger partial charge in [-0.3, -0.25) is 0 Å². The molecule has 52 heavy (non-hydrogen) atoms. The van der Waals surface area contributed by atoms with Crippen LogP contribution in [0.1, 0.15) is 63.8 Å². The number of hydrogen-bond donors (Lipinski definition) is 0. The van der Waals surface area contributed by atoms with Crippen molar-refractivity contribution in [1.82, 2.24) is 0 Å². The van der Waals surface area contributed by atoms with Crippen molar-refractivity contribution >= 4 is 75.4 Å². The Bertz CT molecular complexity index is 2840. The SMILES string of the molecule is Cc1cc(-c2ccc3ccc(-c4cc(C)c5ccc6cc(C(C)(C)C)cc7ccc4c5c67)cc3c2)c2ccc3cc(C(C)(C)C)cc4ccc1c2c43. The van der Waals surface area contributed by atoms with Gasteiger partial charge in [-0.05, 0) is 157 Å². The molecule has 0 amide bonds. The Balaban J connectivity index is 1.16. The second-order valence-electron chi connectivity index (χ2n) is 17.6. The molecule has 0 spiro atoms. The van der Waals surface area contributed by atoms with Crippen LogP contribution in [0.4, 0.5) is 0 Å². The van der Waals surface area contributed by atoms with Crippen LogP contribution in [0.3, 0.4) is 0 Å². The third-order valence-corrected chi connectivity index (χ3v) is 12.0. The Morgan fingerprint density at radius 1 is 0.308 bits per heavy atom. The van der Waals surface area contributed by atoms with E-state index in [1.54, 1.807) is 0 Å². The summed E-state index contributed by atoms with van der Waals surface area (Å²) in [5, 5.41) is 18.8. The van der Waals surface area contributed by atoms with E-state index in [0.29, 0.717) is 0 Å². The van der Waals surface area contributed by atoms with Gasteiger partial charge in [-0.1, -0.05) is 151 Å². The summed E-state index contributed by atoms with van der Waals surface area (Å²) < 4.78 is 0. The number of fused-ring (bicyclic) bond motifs is 1. The summed E-state index contributed by atoms with van der Waals surface area (Å²) in [4.78, 5) is 0. The fourth-order valence-corrected chi connectivity index (χ4v) is 9.11. The van der Waals surface area contributed by atoms with Crippen molar-refractivity contribution in [2.24, 2.45) is 0 Å². The molecule has 0 N–H and O–H groups in total. The van der Waals surface area contributed by atoms with Gasteiger partial charge in [0.05, 0.1) is 0 Å². The summed E-state index contributed by atoms with van der Waals surface area (Å²) in [5.41, 5.74) is 10.8. The zero-order valence-corrected chi connectivity index (χ0v) is 31.5. The Labute approximate surface area is 306 Å². The van der Waals surface area contributed by atoms with E-state index < -0.39 is 0 Å². The van der Waals surface area contributed by atoms with Gasteiger partial charge in [0.1, 0.15) is 0 Å². The van der Waals surface area contributed by atoms with Crippen LogP contribution in [0.25, 0.3) is 97.7 Å². The van der Waals surface area contributed by atoms with Gasteiger partial charge in [0, 0.05) is 0 Å². The van der Waals surface area contributed by atoms with Gasteiger partial charge >= 0.3 is 0 Å². The maximum Gasteiger partial charge on any atom is -0.00179 e. The van der Waals surface area contributed by atoms with E-state index in [2.05, 4.69) is 177 Å². The smallest absolute Gasteiger partial charge is 0.00179 e. The number of aryl methyl sites for hydroxylation is 2. The van der Waals surface area contributed by atoms with Crippen LogP contribution < -0.4 is 0 Å². The lowest BCUT2D eigenvalue weighted by Gasteiger charge is -2.22. The molecular weight excluding hydrogens is 625 g/mol. The minimum Gasteiger partial charge on any atom is -0.0561 e. The number of benzene rings is 10. The molecule has 0 saturated carbocycles. The Morgan fingerprint density at radius 2 is 0.654 bits per heavy atom. The third kappa shape index (κ3) is 4.53. The van der Waals surface area contributed by atoms with Gasteiger partial charge < -0.3 is 0 Å². The van der Waals surface area contributed by atoms with Gasteiger partial charge in [-0.15, -0.1) is 0 Å². The van der Waals surface area contributed by atoms with Gasteiger partial charge in [0.25, 0.3) is 0 Å². The van der Waals surface area contributed by atoms with E-state index in [0.717, 1.165) is 0 Å². The predicted molar refractivity (Wildman–Crippen MR) is 229 cm³/mol. The van der Waals surface area contributed by atoms with E-state index >= 15 is 0 Å². The van der Waals surface area contributed by atoms with Crippen LogP contribution in [-0.4, -0.2) is 0 Å². The Hall–Kier alpha value is -5.46. The summed E-state index contributed by atoms with van der Waals surface area (Å²) >= 11 is 0. The Morgan fingerprint density at radius 3 is 1.02 bits per heavy atom. The van der Waals surface area contributed by atoms with Crippen molar-refractivity contribution in [2.75, 3.05) is 0 Å². The van der Waals surface area contributed by atoms with Crippen LogP contribution in [0.15, 0.2) is 121 Å². The lowest BCUT2D eigenvalue weighted by atomic mass is 9.82. The summed E-state index contributed by atoms with van der Waals surface area (Å²) in [5.74, 6) is 0. The highest BCUT2D eigenvalue weighted by atomic mass is 14.2. The molecule has 10 aromatic carbocycles. The van der Waals surface area contributed by atoms with Crippen molar-refractivity contribution in [3.8, 4) is 22.3 Å². The summed E-state index contributed by atoms with van der Waals surface area (Å²) in [6.45, 7) is 18.4. The maximum absolute atomic E-state index is 2.42. The van der Waals surface area contributed by atoms with Crippen LogP contribution in [0, 0.1) is 13.8 Å². The van der Waals surface area contributed by atoms with Gasteiger partial charge in [-0.2, -0.15) is 0 Å². The fourth-order valence-electron chi connectivity index (χ4n) is 9.11. The molecule has 0 heteroatoms. The van der Waals surface area contributed by atoms with Gasteiger partial charge in [0.15, 0.2) is 0 Å². The lowest BCUT2D eigenvalue weighted by Crippen LogP contribution is -2.10. The molecule has 0 saturated heterocycles. The minimum absolute atomic E-state index is 0.0991. The normalized spacial score (nSPS) is 13.0. The average molecular weight is 669 g/mol. The van der Waals surface area contributed by atoms with Crippen LogP contribution in [-0.2, 0) is 10.8 Å². The molecule has 0 heterocycles. The molecule has 0 aliphatic carbocycles. The molecule has 0 radical (unpaired) electrons. The topological polar surface area (TPSA) is 0 Å². The fraction of sp³-hybridized carbons (Fsp3) is 0.192. The summed E-state index contributed by atoms with van der Waals surface area (Å²) in [6.07, 6.45) is 0. The van der Waals surface area contributed by atoms with Crippen molar-refractivity contribution < 1.29 is 0 Å². The van der Waals surface area contributed by atoms with E-state index in [1.807, 2.05) is 0 Å². The highest BCUT2D eigenvalue weighted by molar-refractivity contribution is 6.28. The van der Waals surface area contributed by atoms with E-state index in [-0.39, 0.29) is 10.8 Å². The van der Waals surface area contributed by atoms with E-state index in [4.69, 9.17) is 0 Å². The quantitative estimate of drug-likeness (QED) is 0.161. The molecule has 252 valence electrons. The first kappa shape index (κ1) is 31.3. The molecule has 0 bridgehead atoms. The number of rotatable bonds is 2. The predicted octanol–water partition coefficient (Wildman–Crippen LogP) is 15.2. The first-order valence-electron chi connectivity index (χ1n) is 18.8. The molecule has 0 fully saturated rings.